The molecule has 2 nitrogen and oxygen atoms in total. The number of esters is 1. The van der Waals surface area contributed by atoms with Gasteiger partial charge in [-0.2, -0.15) is 0 Å². The van der Waals surface area contributed by atoms with Crippen LogP contribution in [0, 0.1) is 52.3 Å². The van der Waals surface area contributed by atoms with Crippen molar-refractivity contribution in [2.24, 2.45) is 52.3 Å². The molecule has 4 rings (SSSR count). The average Bonchev–Trinajstić information content (AvgIpc) is 3.08. The van der Waals surface area contributed by atoms with Crippen LogP contribution in [0.2, 0.25) is 0 Å². The van der Waals surface area contributed by atoms with Crippen LogP contribution < -0.4 is 0 Å². The first-order valence-electron chi connectivity index (χ1n) is 13.6. The van der Waals surface area contributed by atoms with Gasteiger partial charge >= 0.3 is 5.97 Å². The first-order valence-corrected chi connectivity index (χ1v) is 13.6. The van der Waals surface area contributed by atoms with Gasteiger partial charge in [0.05, 0.1) is 0 Å². The van der Waals surface area contributed by atoms with Gasteiger partial charge in [-0.3, -0.25) is 4.79 Å². The quantitative estimate of drug-likeness (QED) is 0.320. The minimum Gasteiger partial charge on any atom is -0.463 e. The molecule has 3 saturated carbocycles. The Morgan fingerprint density at radius 2 is 1.69 bits per heavy atom. The van der Waals surface area contributed by atoms with Crippen LogP contribution in [0.1, 0.15) is 99.8 Å². The molecule has 0 aromatic carbocycles. The largest absolute Gasteiger partial charge is 0.463 e. The van der Waals surface area contributed by atoms with Crippen molar-refractivity contribution in [3.05, 3.63) is 23.8 Å². The lowest BCUT2D eigenvalue weighted by Crippen LogP contribution is -2.50. The number of rotatable bonds is 5. The summed E-state index contributed by atoms with van der Waals surface area (Å²) >= 11 is 0. The molecule has 180 valence electrons. The van der Waals surface area contributed by atoms with Crippen molar-refractivity contribution in [2.45, 2.75) is 106 Å². The van der Waals surface area contributed by atoms with Crippen LogP contribution in [0.25, 0.3) is 0 Å². The predicted octanol–water partition coefficient (Wildman–Crippen LogP) is 7.98. The molecule has 0 bridgehead atoms. The second kappa shape index (κ2) is 8.95. The van der Waals surface area contributed by atoms with Crippen molar-refractivity contribution in [3.63, 3.8) is 0 Å². The van der Waals surface area contributed by atoms with E-state index in [2.05, 4.69) is 59.8 Å². The highest BCUT2D eigenvalue weighted by Gasteiger charge is 2.58. The summed E-state index contributed by atoms with van der Waals surface area (Å²) in [5, 5.41) is 0. The van der Waals surface area contributed by atoms with Crippen molar-refractivity contribution in [1.82, 2.24) is 0 Å². The van der Waals surface area contributed by atoms with E-state index < -0.39 is 0 Å². The van der Waals surface area contributed by atoms with Gasteiger partial charge < -0.3 is 4.74 Å². The van der Waals surface area contributed by atoms with Crippen molar-refractivity contribution < 1.29 is 9.53 Å². The zero-order chi connectivity index (χ0) is 23.3. The van der Waals surface area contributed by atoms with E-state index in [4.69, 9.17) is 4.74 Å². The Morgan fingerprint density at radius 3 is 2.38 bits per heavy atom. The van der Waals surface area contributed by atoms with E-state index in [0.29, 0.717) is 28.6 Å². The van der Waals surface area contributed by atoms with E-state index in [1.807, 2.05) is 5.57 Å². The fourth-order valence-electron chi connectivity index (χ4n) is 8.43. The highest BCUT2D eigenvalue weighted by Crippen LogP contribution is 2.66. The van der Waals surface area contributed by atoms with Crippen molar-refractivity contribution >= 4 is 5.97 Å². The summed E-state index contributed by atoms with van der Waals surface area (Å²) in [4.78, 5) is 11.5. The van der Waals surface area contributed by atoms with Crippen molar-refractivity contribution in [3.8, 4) is 0 Å². The molecule has 3 fully saturated rings. The first kappa shape index (κ1) is 24.1. The molecule has 0 aliphatic heterocycles. The number of carbonyl (C=O) groups is 1. The SMILES string of the molecule is CC(=O)OC1CC[C@@]2(C)C(CC=C3[C@@H]4CC[C@H]([C@H](C)C=C[C@H](C)C(C)C)[C@@]4(C)CC[C@@H]32)C1. The molecule has 0 N–H and O–H groups in total. The Labute approximate surface area is 197 Å². The molecule has 32 heavy (non-hydrogen) atoms. The molecular weight excluding hydrogens is 392 g/mol. The van der Waals surface area contributed by atoms with Crippen molar-refractivity contribution in [2.75, 3.05) is 0 Å². The lowest BCUT2D eigenvalue weighted by atomic mass is 9.47. The number of allylic oxidation sites excluding steroid dienone is 4. The number of hydrogen-bond acceptors (Lipinski definition) is 2. The monoisotopic (exact) mass is 440 g/mol. The Balaban J connectivity index is 1.51. The van der Waals surface area contributed by atoms with Gasteiger partial charge in [0.1, 0.15) is 6.10 Å². The number of ether oxygens (including phenoxy) is 1. The zero-order valence-corrected chi connectivity index (χ0v) is 21.8. The number of carbonyl (C=O) groups excluding carboxylic acids is 1. The van der Waals surface area contributed by atoms with Gasteiger partial charge in [0, 0.05) is 6.92 Å². The Morgan fingerprint density at radius 1 is 1.00 bits per heavy atom. The van der Waals surface area contributed by atoms with E-state index in [1.165, 1.54) is 38.5 Å². The predicted molar refractivity (Wildman–Crippen MR) is 133 cm³/mol. The summed E-state index contributed by atoms with van der Waals surface area (Å²) < 4.78 is 5.64. The molecule has 0 spiro atoms. The van der Waals surface area contributed by atoms with Gasteiger partial charge in [-0.25, -0.2) is 0 Å². The fourth-order valence-corrected chi connectivity index (χ4v) is 8.43. The van der Waals surface area contributed by atoms with Gasteiger partial charge in [-0.15, -0.1) is 0 Å². The van der Waals surface area contributed by atoms with Crippen LogP contribution in [-0.2, 0) is 9.53 Å². The van der Waals surface area contributed by atoms with Gasteiger partial charge in [0.15, 0.2) is 0 Å². The van der Waals surface area contributed by atoms with E-state index in [-0.39, 0.29) is 12.1 Å². The third kappa shape index (κ3) is 4.14. The van der Waals surface area contributed by atoms with Crippen LogP contribution in [0.5, 0.6) is 0 Å². The molecule has 9 atom stereocenters. The van der Waals surface area contributed by atoms with Crippen LogP contribution >= 0.6 is 0 Å². The third-order valence-electron chi connectivity index (χ3n) is 10.8. The summed E-state index contributed by atoms with van der Waals surface area (Å²) in [6, 6.07) is 0. The maximum Gasteiger partial charge on any atom is 0.302 e. The minimum absolute atomic E-state index is 0.109. The van der Waals surface area contributed by atoms with E-state index in [1.54, 1.807) is 6.92 Å². The molecule has 0 radical (unpaired) electrons. The van der Waals surface area contributed by atoms with Gasteiger partial charge in [-0.1, -0.05) is 65.3 Å². The van der Waals surface area contributed by atoms with Gasteiger partial charge in [0.25, 0.3) is 0 Å². The van der Waals surface area contributed by atoms with E-state index >= 15 is 0 Å². The Hall–Kier alpha value is -1.05. The molecule has 2 heteroatoms. The summed E-state index contributed by atoms with van der Waals surface area (Å²) in [7, 11) is 0. The molecule has 0 aromatic heterocycles. The Kier molecular flexibility index (Phi) is 6.74. The minimum atomic E-state index is -0.109. The summed E-state index contributed by atoms with van der Waals surface area (Å²) in [6.45, 7) is 16.3. The molecule has 0 aromatic rings. The summed E-state index contributed by atoms with van der Waals surface area (Å²) in [5.41, 5.74) is 2.70. The standard InChI is InChI=1S/C30H48O2/c1-19(2)20(3)8-9-21(4)26-12-13-27-25-11-10-23-18-24(32-22(5)31)14-16-29(23,6)28(25)15-17-30(26,27)7/h8-9,11,19-21,23-24,26-28H,10,12-18H2,1-7H3/t20-,21+,23?,24?,26+,27-,28-,29-,30+/m0/s1. The second-order valence-corrected chi connectivity index (χ2v) is 12.8. The highest BCUT2D eigenvalue weighted by atomic mass is 16.5. The summed E-state index contributed by atoms with van der Waals surface area (Å²) in [6.07, 6.45) is 17.9. The van der Waals surface area contributed by atoms with Crippen LogP contribution in [0.15, 0.2) is 23.8 Å². The maximum absolute atomic E-state index is 11.5. The van der Waals surface area contributed by atoms with E-state index in [0.717, 1.165) is 36.5 Å². The van der Waals surface area contributed by atoms with Gasteiger partial charge in [-0.05, 0) is 104 Å². The molecular formula is C30H48O2. The van der Waals surface area contributed by atoms with Crippen LogP contribution in [-0.4, -0.2) is 12.1 Å². The maximum atomic E-state index is 11.5. The van der Waals surface area contributed by atoms with E-state index in [9.17, 15) is 4.79 Å². The van der Waals surface area contributed by atoms with Crippen LogP contribution in [0.4, 0.5) is 0 Å². The first-order chi connectivity index (χ1) is 15.1. The topological polar surface area (TPSA) is 26.3 Å². The normalized spacial score (nSPS) is 43.2. The molecule has 4 aliphatic carbocycles. The zero-order valence-electron chi connectivity index (χ0n) is 21.8. The molecule has 0 amide bonds. The third-order valence-corrected chi connectivity index (χ3v) is 10.8. The number of hydrogen-bond donors (Lipinski definition) is 0. The van der Waals surface area contributed by atoms with Crippen molar-refractivity contribution in [1.29, 1.82) is 0 Å². The van der Waals surface area contributed by atoms with Crippen LogP contribution in [0.3, 0.4) is 0 Å². The lowest BCUT2D eigenvalue weighted by Gasteiger charge is -2.58. The molecule has 4 aliphatic rings. The molecule has 0 heterocycles. The Bertz CT molecular complexity index is 763. The summed E-state index contributed by atoms with van der Waals surface area (Å²) in [5.74, 6) is 4.98. The highest BCUT2D eigenvalue weighted by molar-refractivity contribution is 5.66. The fraction of sp³-hybridized carbons (Fsp3) is 0.833. The second-order valence-electron chi connectivity index (χ2n) is 12.8. The smallest absolute Gasteiger partial charge is 0.302 e. The molecule has 0 saturated heterocycles. The average molecular weight is 441 g/mol. The van der Waals surface area contributed by atoms with Gasteiger partial charge in [0.2, 0.25) is 0 Å². The lowest BCUT2D eigenvalue weighted by molar-refractivity contribution is -0.152. The molecule has 2 unspecified atom stereocenters. The number of fused-ring (bicyclic) bond motifs is 5.